The maximum Gasteiger partial charge on any atom is 0.407 e. The van der Waals surface area contributed by atoms with Crippen molar-refractivity contribution in [1.29, 1.82) is 0 Å². The summed E-state index contributed by atoms with van der Waals surface area (Å²) in [7, 11) is 0. The zero-order valence-electron chi connectivity index (χ0n) is 10.8. The molecular formula is C14H15FN2O3. The molecule has 1 aromatic rings. The number of ether oxygens (including phenoxy) is 1. The Morgan fingerprint density at radius 2 is 2.20 bits per heavy atom. The van der Waals surface area contributed by atoms with Crippen LogP contribution in [-0.2, 0) is 14.9 Å². The van der Waals surface area contributed by atoms with Crippen molar-refractivity contribution in [2.75, 3.05) is 18.6 Å². The minimum Gasteiger partial charge on any atom is -0.447 e. The highest BCUT2D eigenvalue weighted by Crippen LogP contribution is 2.50. The fraction of sp³-hybridized carbons (Fsp3) is 0.429. The van der Waals surface area contributed by atoms with Crippen LogP contribution in [0.25, 0.3) is 0 Å². The van der Waals surface area contributed by atoms with Crippen LogP contribution in [0.3, 0.4) is 0 Å². The Morgan fingerprint density at radius 1 is 1.45 bits per heavy atom. The maximum absolute atomic E-state index is 12.1. The van der Waals surface area contributed by atoms with Crippen molar-refractivity contribution in [2.45, 2.75) is 24.3 Å². The standard InChI is InChI=1S/C14H15FN2O3/c15-5-6-20-13(19)16-9-7-14(8-9)10-3-1-2-4-11(10)17-12(14)18/h1-4,9H,5-8H2,(H,16,19)(H,17,18). The summed E-state index contributed by atoms with van der Waals surface area (Å²) in [6.07, 6.45) is 0.454. The van der Waals surface area contributed by atoms with E-state index in [9.17, 15) is 14.0 Å². The van der Waals surface area contributed by atoms with E-state index in [2.05, 4.69) is 15.4 Å². The van der Waals surface area contributed by atoms with Gasteiger partial charge in [0, 0.05) is 11.7 Å². The van der Waals surface area contributed by atoms with Crippen LogP contribution >= 0.6 is 0 Å². The Kier molecular flexibility index (Phi) is 3.08. The molecule has 1 aliphatic carbocycles. The van der Waals surface area contributed by atoms with E-state index in [0.717, 1.165) is 11.3 Å². The van der Waals surface area contributed by atoms with Crippen LogP contribution in [0.1, 0.15) is 18.4 Å². The summed E-state index contributed by atoms with van der Waals surface area (Å²) in [5.74, 6) is -0.0196. The molecule has 2 aliphatic rings. The number of anilines is 1. The van der Waals surface area contributed by atoms with Crippen LogP contribution in [0, 0.1) is 0 Å². The molecule has 1 spiro atoms. The van der Waals surface area contributed by atoms with Gasteiger partial charge in [-0.25, -0.2) is 9.18 Å². The molecule has 0 atom stereocenters. The van der Waals surface area contributed by atoms with Gasteiger partial charge in [-0.15, -0.1) is 0 Å². The van der Waals surface area contributed by atoms with E-state index in [-0.39, 0.29) is 18.6 Å². The molecule has 5 nitrogen and oxygen atoms in total. The first kappa shape index (κ1) is 12.9. The number of hydrogen-bond acceptors (Lipinski definition) is 3. The van der Waals surface area contributed by atoms with Crippen molar-refractivity contribution < 1.29 is 18.7 Å². The maximum atomic E-state index is 12.1. The molecule has 1 saturated carbocycles. The SMILES string of the molecule is O=C(NC1CC2(C1)C(=O)Nc1ccccc12)OCCF. The first-order valence-electron chi connectivity index (χ1n) is 6.56. The molecule has 0 radical (unpaired) electrons. The molecule has 106 valence electrons. The fourth-order valence-electron chi connectivity index (χ4n) is 3.00. The average molecular weight is 278 g/mol. The number of para-hydroxylation sites is 1. The van der Waals surface area contributed by atoms with Crippen molar-refractivity contribution in [1.82, 2.24) is 5.32 Å². The van der Waals surface area contributed by atoms with Crippen molar-refractivity contribution in [3.63, 3.8) is 0 Å². The summed E-state index contributed by atoms with van der Waals surface area (Å²) in [6, 6.07) is 7.47. The molecular weight excluding hydrogens is 263 g/mol. The lowest BCUT2D eigenvalue weighted by molar-refractivity contribution is -0.124. The van der Waals surface area contributed by atoms with Gasteiger partial charge in [0.15, 0.2) is 0 Å². The van der Waals surface area contributed by atoms with Gasteiger partial charge in [-0.2, -0.15) is 0 Å². The van der Waals surface area contributed by atoms with Crippen LogP contribution in [0.4, 0.5) is 14.9 Å². The van der Waals surface area contributed by atoms with Crippen LogP contribution in [0.15, 0.2) is 24.3 Å². The van der Waals surface area contributed by atoms with Gasteiger partial charge in [0.2, 0.25) is 5.91 Å². The highest BCUT2D eigenvalue weighted by atomic mass is 19.1. The van der Waals surface area contributed by atoms with Crippen LogP contribution in [-0.4, -0.2) is 31.3 Å². The number of alkyl carbamates (subject to hydrolysis) is 1. The van der Waals surface area contributed by atoms with Gasteiger partial charge in [0.25, 0.3) is 0 Å². The van der Waals surface area contributed by atoms with Crippen LogP contribution in [0.2, 0.25) is 0 Å². The van der Waals surface area contributed by atoms with Crippen LogP contribution in [0.5, 0.6) is 0 Å². The van der Waals surface area contributed by atoms with E-state index in [1.165, 1.54) is 0 Å². The zero-order valence-corrected chi connectivity index (χ0v) is 10.8. The Hall–Kier alpha value is -2.11. The number of amides is 2. The molecule has 6 heteroatoms. The van der Waals surface area contributed by atoms with E-state index >= 15 is 0 Å². The Labute approximate surface area is 115 Å². The van der Waals surface area contributed by atoms with Crippen molar-refractivity contribution >= 4 is 17.7 Å². The highest BCUT2D eigenvalue weighted by Gasteiger charge is 2.55. The van der Waals surface area contributed by atoms with Gasteiger partial charge in [-0.3, -0.25) is 4.79 Å². The van der Waals surface area contributed by atoms with Crippen LogP contribution < -0.4 is 10.6 Å². The third-order valence-corrected chi connectivity index (χ3v) is 3.95. The third-order valence-electron chi connectivity index (χ3n) is 3.95. The van der Waals surface area contributed by atoms with Gasteiger partial charge in [0.1, 0.15) is 13.3 Å². The quantitative estimate of drug-likeness (QED) is 0.885. The van der Waals surface area contributed by atoms with Gasteiger partial charge >= 0.3 is 6.09 Å². The lowest BCUT2D eigenvalue weighted by Gasteiger charge is -2.43. The molecule has 1 heterocycles. The molecule has 3 rings (SSSR count). The topological polar surface area (TPSA) is 67.4 Å². The minimum atomic E-state index is -0.697. The second kappa shape index (κ2) is 4.77. The number of hydrogen-bond donors (Lipinski definition) is 2. The van der Waals surface area contributed by atoms with Gasteiger partial charge < -0.3 is 15.4 Å². The molecule has 0 unspecified atom stereocenters. The van der Waals surface area contributed by atoms with Gasteiger partial charge in [-0.05, 0) is 24.5 Å². The number of carbonyl (C=O) groups excluding carboxylic acids is 2. The van der Waals surface area contributed by atoms with Crippen molar-refractivity contribution in [3.8, 4) is 0 Å². The van der Waals surface area contributed by atoms with Gasteiger partial charge in [-0.1, -0.05) is 18.2 Å². The van der Waals surface area contributed by atoms with Crippen molar-refractivity contribution in [3.05, 3.63) is 29.8 Å². The molecule has 0 aromatic heterocycles. The Bertz CT molecular complexity index is 555. The zero-order chi connectivity index (χ0) is 14.2. The molecule has 0 saturated heterocycles. The number of benzene rings is 1. The smallest absolute Gasteiger partial charge is 0.407 e. The van der Waals surface area contributed by atoms with E-state index < -0.39 is 18.2 Å². The van der Waals surface area contributed by atoms with E-state index in [1.807, 2.05) is 24.3 Å². The number of rotatable bonds is 3. The van der Waals surface area contributed by atoms with E-state index in [0.29, 0.717) is 12.8 Å². The van der Waals surface area contributed by atoms with E-state index in [4.69, 9.17) is 0 Å². The lowest BCUT2D eigenvalue weighted by atomic mass is 9.62. The number of fused-ring (bicyclic) bond motifs is 2. The second-order valence-electron chi connectivity index (χ2n) is 5.16. The molecule has 1 aromatic carbocycles. The number of halogens is 1. The Balaban J connectivity index is 1.64. The minimum absolute atomic E-state index is 0.0196. The summed E-state index contributed by atoms with van der Waals surface area (Å²) in [5.41, 5.74) is 1.30. The first-order chi connectivity index (χ1) is 9.65. The summed E-state index contributed by atoms with van der Waals surface area (Å²) >= 11 is 0. The second-order valence-corrected chi connectivity index (χ2v) is 5.16. The highest BCUT2D eigenvalue weighted by molar-refractivity contribution is 6.07. The summed E-state index contributed by atoms with van der Waals surface area (Å²) < 4.78 is 16.5. The molecule has 20 heavy (non-hydrogen) atoms. The van der Waals surface area contributed by atoms with E-state index in [1.54, 1.807) is 0 Å². The molecule has 0 bridgehead atoms. The third kappa shape index (κ3) is 1.92. The molecule has 2 amide bonds. The van der Waals surface area contributed by atoms with Gasteiger partial charge in [0.05, 0.1) is 5.41 Å². The van der Waals surface area contributed by atoms with Crippen molar-refractivity contribution in [2.24, 2.45) is 0 Å². The summed E-state index contributed by atoms with van der Waals surface area (Å²) in [6.45, 7) is -0.940. The summed E-state index contributed by atoms with van der Waals surface area (Å²) in [5, 5.41) is 5.51. The molecule has 2 N–H and O–H groups in total. The lowest BCUT2D eigenvalue weighted by Crippen LogP contribution is -2.56. The number of alkyl halides is 1. The largest absolute Gasteiger partial charge is 0.447 e. The first-order valence-corrected chi connectivity index (χ1v) is 6.56. The normalized spacial score (nSPS) is 26.6. The summed E-state index contributed by atoms with van der Waals surface area (Å²) in [4.78, 5) is 23.5. The Morgan fingerprint density at radius 3 is 2.95 bits per heavy atom. The molecule has 1 aliphatic heterocycles. The predicted octanol–water partition coefficient (Wildman–Crippen LogP) is 1.73. The average Bonchev–Trinajstić information content (AvgIpc) is 2.69. The number of nitrogens with one attached hydrogen (secondary N) is 2. The predicted molar refractivity (Wildman–Crippen MR) is 70.2 cm³/mol. The monoisotopic (exact) mass is 278 g/mol. The molecule has 1 fully saturated rings. The number of carbonyl (C=O) groups is 2. The fourth-order valence-corrected chi connectivity index (χ4v) is 3.00.